The van der Waals surface area contributed by atoms with Gasteiger partial charge in [0.1, 0.15) is 0 Å². The Balaban J connectivity index is 0. The molecule has 0 unspecified atom stereocenters. The Kier molecular flexibility index (Phi) is 12.1. The van der Waals surface area contributed by atoms with Gasteiger partial charge in [-0.05, 0) is 12.8 Å². The standard InChI is InChI=1S/C3H7NO2.H2N2/c1-2-6-3(4)5;1-2/h2H2,1H3,(H2,4,5);1H2. The number of carbonyl (C=O) groups is 1. The molecule has 0 rings (SSSR count). The van der Waals surface area contributed by atoms with Crippen molar-refractivity contribution < 1.29 is 9.53 Å². The predicted molar refractivity (Wildman–Crippen MR) is 27.5 cm³/mol. The van der Waals surface area contributed by atoms with Crippen LogP contribution >= 0.6 is 0 Å². The van der Waals surface area contributed by atoms with Gasteiger partial charge in [-0.25, -0.2) is 10.6 Å². The summed E-state index contributed by atoms with van der Waals surface area (Å²) in [5, 5.41) is 0. The monoisotopic (exact) mass is 119 g/mol. The van der Waals surface area contributed by atoms with Crippen molar-refractivity contribution in [3.63, 3.8) is 0 Å². The molecule has 1 amide bonds. The first-order chi connectivity index (χ1) is 3.77. The van der Waals surface area contributed by atoms with Gasteiger partial charge in [-0.3, -0.25) is 0 Å². The second-order valence-electron chi connectivity index (χ2n) is 0.752. The minimum Gasteiger partial charge on any atom is -0.450 e. The van der Waals surface area contributed by atoms with E-state index in [0.29, 0.717) is 6.61 Å². The molecule has 5 heteroatoms. The first kappa shape index (κ1) is 10.2. The van der Waals surface area contributed by atoms with Crippen LogP contribution in [0, 0.1) is 0 Å². The van der Waals surface area contributed by atoms with Crippen molar-refractivity contribution in [2.45, 2.75) is 6.92 Å². The van der Waals surface area contributed by atoms with Gasteiger partial charge in [-0.2, -0.15) is 0 Å². The molecular weight excluding hydrogens is 110 g/mol. The van der Waals surface area contributed by atoms with Gasteiger partial charge in [0.15, 0.2) is 0 Å². The third-order valence-corrected chi connectivity index (χ3v) is 0.287. The molecule has 0 atom stereocenters. The number of carbonyl (C=O) groups excluding carboxylic acids is 1. The van der Waals surface area contributed by atoms with Crippen LogP contribution in [0.15, 0.2) is 0 Å². The van der Waals surface area contributed by atoms with Crippen molar-refractivity contribution in [3.8, 4) is 0 Å². The van der Waals surface area contributed by atoms with Crippen molar-refractivity contribution in [3.05, 3.63) is 0 Å². The highest BCUT2D eigenvalue weighted by Gasteiger charge is 1.82. The highest BCUT2D eigenvalue weighted by atomic mass is 16.5. The highest BCUT2D eigenvalue weighted by Crippen LogP contribution is 1.66. The summed E-state index contributed by atoms with van der Waals surface area (Å²) in [6.45, 7) is 2.06. The zero-order valence-corrected chi connectivity index (χ0v) is 4.63. The van der Waals surface area contributed by atoms with Crippen LogP contribution in [0.5, 0.6) is 0 Å². The predicted octanol–water partition coefficient (Wildman–Crippen LogP) is -0.970. The SMILES string of the molecule is CCOC(N)=O.[N]N. The molecule has 48 valence electrons. The Hall–Kier alpha value is -0.810. The molecule has 0 aliphatic heterocycles. The van der Waals surface area contributed by atoms with Gasteiger partial charge in [-0.1, -0.05) is 0 Å². The van der Waals surface area contributed by atoms with Crippen molar-refractivity contribution >= 4 is 6.09 Å². The molecule has 0 spiro atoms. The summed E-state index contributed by atoms with van der Waals surface area (Å²) in [5.74, 6) is 10.0. The molecule has 0 aromatic carbocycles. The summed E-state index contributed by atoms with van der Waals surface area (Å²) in [5.41, 5.74) is 4.54. The molecule has 5 nitrogen and oxygen atoms in total. The van der Waals surface area contributed by atoms with Crippen LogP contribution in [0.3, 0.4) is 0 Å². The number of nitrogens with two attached hydrogens (primary N) is 2. The molecular formula is C3H9N3O2. The van der Waals surface area contributed by atoms with E-state index in [1.165, 1.54) is 0 Å². The number of primary amides is 1. The average molecular weight is 119 g/mol. The second kappa shape index (κ2) is 9.50. The third-order valence-electron chi connectivity index (χ3n) is 0.287. The molecule has 4 N–H and O–H groups in total. The maximum Gasteiger partial charge on any atom is 0.404 e. The topological polar surface area (TPSA) is 101 Å². The molecule has 0 fully saturated rings. The van der Waals surface area contributed by atoms with E-state index < -0.39 is 6.09 Å². The van der Waals surface area contributed by atoms with E-state index >= 15 is 0 Å². The Labute approximate surface area is 47.7 Å². The summed E-state index contributed by atoms with van der Waals surface area (Å²) in [6.07, 6.45) is -0.711. The first-order valence-electron chi connectivity index (χ1n) is 1.95. The largest absolute Gasteiger partial charge is 0.450 e. The van der Waals surface area contributed by atoms with Crippen LogP contribution < -0.4 is 17.4 Å². The van der Waals surface area contributed by atoms with Crippen molar-refractivity contribution in [1.29, 1.82) is 0 Å². The molecule has 0 bridgehead atoms. The maximum atomic E-state index is 9.60. The lowest BCUT2D eigenvalue weighted by Crippen LogP contribution is -2.11. The van der Waals surface area contributed by atoms with Crippen LogP contribution in [0.1, 0.15) is 6.92 Å². The molecule has 0 aliphatic carbocycles. The number of nitrogens with zero attached hydrogens (tertiary/aromatic N) is 1. The average Bonchev–Trinajstić information content (AvgIpc) is 1.72. The fourth-order valence-electron chi connectivity index (χ4n) is 0.142. The van der Waals surface area contributed by atoms with E-state index in [2.05, 4.69) is 16.3 Å². The number of hydrogen-bond acceptors (Lipinski definition) is 3. The van der Waals surface area contributed by atoms with E-state index in [1.54, 1.807) is 6.92 Å². The van der Waals surface area contributed by atoms with Crippen LogP contribution in [-0.4, -0.2) is 12.7 Å². The summed E-state index contributed by atoms with van der Waals surface area (Å²) in [4.78, 5) is 9.60. The maximum absolute atomic E-state index is 9.60. The Morgan fingerprint density at radius 1 is 1.75 bits per heavy atom. The zero-order chi connectivity index (χ0) is 6.99. The van der Waals surface area contributed by atoms with Gasteiger partial charge in [0.2, 0.25) is 0 Å². The van der Waals surface area contributed by atoms with Gasteiger partial charge < -0.3 is 10.5 Å². The minimum atomic E-state index is -0.711. The highest BCUT2D eigenvalue weighted by molar-refractivity contribution is 5.64. The van der Waals surface area contributed by atoms with E-state index in [-0.39, 0.29) is 0 Å². The minimum absolute atomic E-state index is 0.356. The quantitative estimate of drug-likeness (QED) is 0.343. The molecule has 0 aliphatic rings. The van der Waals surface area contributed by atoms with E-state index in [4.69, 9.17) is 5.84 Å². The smallest absolute Gasteiger partial charge is 0.404 e. The van der Waals surface area contributed by atoms with Crippen molar-refractivity contribution in [2.24, 2.45) is 11.6 Å². The summed E-state index contributed by atoms with van der Waals surface area (Å²) in [7, 11) is 0. The fraction of sp³-hybridized carbons (Fsp3) is 0.667. The van der Waals surface area contributed by atoms with Gasteiger partial charge in [0.05, 0.1) is 6.61 Å². The fourth-order valence-corrected chi connectivity index (χ4v) is 0.142. The lowest BCUT2D eigenvalue weighted by Gasteiger charge is -1.89. The lowest BCUT2D eigenvalue weighted by atomic mass is 10.9. The van der Waals surface area contributed by atoms with Crippen LogP contribution in [0.2, 0.25) is 0 Å². The molecule has 0 aromatic rings. The molecule has 0 aromatic heterocycles. The van der Waals surface area contributed by atoms with Crippen LogP contribution in [0.4, 0.5) is 4.79 Å². The number of ether oxygens (including phenoxy) is 1. The normalized spacial score (nSPS) is 6.38. The second-order valence-corrected chi connectivity index (χ2v) is 0.752. The molecule has 8 heavy (non-hydrogen) atoms. The Morgan fingerprint density at radius 2 is 2.12 bits per heavy atom. The van der Waals surface area contributed by atoms with Gasteiger partial charge >= 0.3 is 6.09 Å². The molecule has 2 radical (unpaired) electrons. The van der Waals surface area contributed by atoms with Gasteiger partial charge in [-0.15, -0.1) is 0 Å². The van der Waals surface area contributed by atoms with Gasteiger partial charge in [0, 0.05) is 0 Å². The van der Waals surface area contributed by atoms with Gasteiger partial charge in [0.25, 0.3) is 0 Å². The van der Waals surface area contributed by atoms with E-state index in [9.17, 15) is 4.79 Å². The Morgan fingerprint density at radius 3 is 2.12 bits per heavy atom. The number of amides is 1. The van der Waals surface area contributed by atoms with Crippen LogP contribution in [0.25, 0.3) is 0 Å². The summed E-state index contributed by atoms with van der Waals surface area (Å²) in [6, 6.07) is 0. The third kappa shape index (κ3) is 19.0. The van der Waals surface area contributed by atoms with Crippen LogP contribution in [-0.2, 0) is 4.74 Å². The zero-order valence-electron chi connectivity index (χ0n) is 4.63. The summed E-state index contributed by atoms with van der Waals surface area (Å²) < 4.78 is 4.18. The number of rotatable bonds is 1. The van der Waals surface area contributed by atoms with E-state index in [1.807, 2.05) is 0 Å². The first-order valence-corrected chi connectivity index (χ1v) is 1.95. The summed E-state index contributed by atoms with van der Waals surface area (Å²) >= 11 is 0. The van der Waals surface area contributed by atoms with Crippen molar-refractivity contribution in [1.82, 2.24) is 5.84 Å². The molecule has 0 heterocycles. The van der Waals surface area contributed by atoms with Crippen molar-refractivity contribution in [2.75, 3.05) is 6.61 Å². The molecule has 0 saturated carbocycles. The lowest BCUT2D eigenvalue weighted by molar-refractivity contribution is 0.163. The van der Waals surface area contributed by atoms with E-state index in [0.717, 1.165) is 0 Å². The Bertz CT molecular complexity index is 56.5. The molecule has 0 saturated heterocycles. The number of hydrogen-bond donors (Lipinski definition) is 2.